The van der Waals surface area contributed by atoms with Gasteiger partial charge in [0.1, 0.15) is 5.60 Å². The lowest BCUT2D eigenvalue weighted by Gasteiger charge is -2.19. The Morgan fingerprint density at radius 2 is 1.59 bits per heavy atom. The van der Waals surface area contributed by atoms with Crippen molar-refractivity contribution in [1.29, 1.82) is 0 Å². The quantitative estimate of drug-likeness (QED) is 0.731. The lowest BCUT2D eigenvalue weighted by atomic mass is 10.2. The van der Waals surface area contributed by atoms with Gasteiger partial charge in [-0.1, -0.05) is 0 Å². The summed E-state index contributed by atoms with van der Waals surface area (Å²) in [5.41, 5.74) is -0.602. The Kier molecular flexibility index (Phi) is 5.64. The lowest BCUT2D eigenvalue weighted by Crippen LogP contribution is -2.26. The lowest BCUT2D eigenvalue weighted by molar-refractivity contribution is -0.165. The maximum absolute atomic E-state index is 11.2. The summed E-state index contributed by atoms with van der Waals surface area (Å²) in [6, 6.07) is 0. The van der Waals surface area contributed by atoms with Crippen molar-refractivity contribution in [3.63, 3.8) is 0 Å². The van der Waals surface area contributed by atoms with Crippen LogP contribution in [-0.4, -0.2) is 34.7 Å². The number of rotatable bonds is 5. The Bertz CT molecular complexity index is 302. The Balaban J connectivity index is 3.93. The number of hydrogen-bond donors (Lipinski definition) is 1. The molecular formula is C11H18O6. The van der Waals surface area contributed by atoms with Gasteiger partial charge in [-0.3, -0.25) is 9.59 Å². The Morgan fingerprint density at radius 1 is 1.12 bits per heavy atom. The van der Waals surface area contributed by atoms with Crippen LogP contribution < -0.4 is 0 Å². The molecule has 0 aliphatic rings. The molecular weight excluding hydrogens is 228 g/mol. The van der Waals surface area contributed by atoms with E-state index in [2.05, 4.69) is 4.74 Å². The highest BCUT2D eigenvalue weighted by atomic mass is 16.6. The van der Waals surface area contributed by atoms with E-state index in [-0.39, 0.29) is 12.8 Å². The van der Waals surface area contributed by atoms with Crippen LogP contribution in [0.3, 0.4) is 0 Å². The van der Waals surface area contributed by atoms with Crippen LogP contribution in [0.1, 0.15) is 40.5 Å². The molecule has 0 aromatic heterocycles. The summed E-state index contributed by atoms with van der Waals surface area (Å²) in [7, 11) is 0. The van der Waals surface area contributed by atoms with Gasteiger partial charge < -0.3 is 14.6 Å². The van der Waals surface area contributed by atoms with E-state index in [0.717, 1.165) is 0 Å². The average Bonchev–Trinajstić information content (AvgIpc) is 2.11. The topological polar surface area (TPSA) is 89.9 Å². The first-order valence-electron chi connectivity index (χ1n) is 5.26. The van der Waals surface area contributed by atoms with E-state index in [4.69, 9.17) is 9.84 Å². The Labute approximate surface area is 99.9 Å². The van der Waals surface area contributed by atoms with Gasteiger partial charge in [0.25, 0.3) is 0 Å². The standard InChI is InChI=1S/C11H18O6/c1-7(10(14)15)16-8(12)5-6-9(13)17-11(2,3)4/h7H,5-6H2,1-4H3,(H,14,15). The van der Waals surface area contributed by atoms with Gasteiger partial charge in [0, 0.05) is 0 Å². The van der Waals surface area contributed by atoms with Gasteiger partial charge in [-0.15, -0.1) is 0 Å². The van der Waals surface area contributed by atoms with Crippen molar-refractivity contribution in [2.75, 3.05) is 0 Å². The van der Waals surface area contributed by atoms with Crippen molar-refractivity contribution in [3.8, 4) is 0 Å². The van der Waals surface area contributed by atoms with E-state index in [9.17, 15) is 14.4 Å². The Morgan fingerprint density at radius 3 is 2.00 bits per heavy atom. The van der Waals surface area contributed by atoms with Gasteiger partial charge in [-0.05, 0) is 27.7 Å². The molecule has 0 amide bonds. The smallest absolute Gasteiger partial charge is 0.344 e. The largest absolute Gasteiger partial charge is 0.479 e. The van der Waals surface area contributed by atoms with Crippen molar-refractivity contribution < 1.29 is 29.0 Å². The molecule has 0 spiro atoms. The molecule has 1 atom stereocenters. The van der Waals surface area contributed by atoms with Crippen LogP contribution in [0.4, 0.5) is 0 Å². The normalized spacial score (nSPS) is 12.7. The van der Waals surface area contributed by atoms with Crippen LogP contribution in [0.5, 0.6) is 0 Å². The minimum Gasteiger partial charge on any atom is -0.479 e. The Hall–Kier alpha value is -1.59. The number of carboxylic acid groups (broad SMARTS) is 1. The molecule has 0 rings (SSSR count). The molecule has 0 radical (unpaired) electrons. The van der Waals surface area contributed by atoms with Crippen LogP contribution >= 0.6 is 0 Å². The minimum atomic E-state index is -1.23. The molecule has 0 bridgehead atoms. The second-order valence-corrected chi connectivity index (χ2v) is 4.56. The maximum atomic E-state index is 11.2. The van der Waals surface area contributed by atoms with Crippen LogP contribution in [0.15, 0.2) is 0 Å². The number of carbonyl (C=O) groups is 3. The molecule has 0 saturated heterocycles. The summed E-state index contributed by atoms with van der Waals surface area (Å²) in [6.07, 6.45) is -1.52. The van der Waals surface area contributed by atoms with Crippen molar-refractivity contribution in [2.24, 2.45) is 0 Å². The van der Waals surface area contributed by atoms with Gasteiger partial charge in [0.15, 0.2) is 6.10 Å². The van der Waals surface area contributed by atoms with Gasteiger partial charge in [-0.25, -0.2) is 4.79 Å². The summed E-state index contributed by atoms with van der Waals surface area (Å²) in [6.45, 7) is 6.40. The highest BCUT2D eigenvalue weighted by molar-refractivity contribution is 5.80. The summed E-state index contributed by atoms with van der Waals surface area (Å²) in [4.78, 5) is 32.8. The highest BCUT2D eigenvalue weighted by Gasteiger charge is 2.20. The maximum Gasteiger partial charge on any atom is 0.344 e. The molecule has 1 unspecified atom stereocenters. The molecule has 0 aromatic rings. The number of aliphatic carboxylic acids is 1. The fourth-order valence-electron chi connectivity index (χ4n) is 0.903. The van der Waals surface area contributed by atoms with Crippen molar-refractivity contribution in [1.82, 2.24) is 0 Å². The van der Waals surface area contributed by atoms with Gasteiger partial charge >= 0.3 is 17.9 Å². The van der Waals surface area contributed by atoms with E-state index >= 15 is 0 Å². The molecule has 17 heavy (non-hydrogen) atoms. The van der Waals surface area contributed by atoms with Crippen LogP contribution in [0.25, 0.3) is 0 Å². The molecule has 0 aromatic carbocycles. The van der Waals surface area contributed by atoms with Crippen molar-refractivity contribution >= 4 is 17.9 Å². The highest BCUT2D eigenvalue weighted by Crippen LogP contribution is 2.09. The monoisotopic (exact) mass is 246 g/mol. The molecule has 6 nitrogen and oxygen atoms in total. The average molecular weight is 246 g/mol. The van der Waals surface area contributed by atoms with Gasteiger partial charge in [-0.2, -0.15) is 0 Å². The summed E-state index contributed by atoms with van der Waals surface area (Å²) in [5, 5.41) is 8.49. The van der Waals surface area contributed by atoms with Crippen molar-refractivity contribution in [2.45, 2.75) is 52.2 Å². The third-order valence-corrected chi connectivity index (χ3v) is 1.61. The first-order valence-corrected chi connectivity index (χ1v) is 5.26. The first-order chi connectivity index (χ1) is 7.61. The van der Waals surface area contributed by atoms with E-state index in [1.165, 1.54) is 6.92 Å². The number of hydrogen-bond acceptors (Lipinski definition) is 5. The third-order valence-electron chi connectivity index (χ3n) is 1.61. The fourth-order valence-corrected chi connectivity index (χ4v) is 0.903. The first kappa shape index (κ1) is 15.4. The minimum absolute atomic E-state index is 0.123. The number of esters is 2. The van der Waals surface area contributed by atoms with E-state index in [0.29, 0.717) is 0 Å². The van der Waals surface area contributed by atoms with Crippen molar-refractivity contribution in [3.05, 3.63) is 0 Å². The molecule has 6 heteroatoms. The van der Waals surface area contributed by atoms with Gasteiger partial charge in [0.2, 0.25) is 0 Å². The fraction of sp³-hybridized carbons (Fsp3) is 0.727. The van der Waals surface area contributed by atoms with Crippen LogP contribution in [-0.2, 0) is 23.9 Å². The summed E-state index contributed by atoms with van der Waals surface area (Å²) in [5.74, 6) is -2.47. The molecule has 0 aliphatic carbocycles. The molecule has 0 aliphatic heterocycles. The molecule has 0 saturated carbocycles. The second kappa shape index (κ2) is 6.22. The van der Waals surface area contributed by atoms with E-state index in [1.54, 1.807) is 20.8 Å². The molecule has 98 valence electrons. The van der Waals surface area contributed by atoms with E-state index < -0.39 is 29.6 Å². The zero-order valence-electron chi connectivity index (χ0n) is 10.5. The predicted molar refractivity (Wildman–Crippen MR) is 58.3 cm³/mol. The zero-order chi connectivity index (χ0) is 13.6. The predicted octanol–water partition coefficient (Wildman–Crippen LogP) is 1.12. The van der Waals surface area contributed by atoms with E-state index in [1.807, 2.05) is 0 Å². The third kappa shape index (κ3) is 8.24. The van der Waals surface area contributed by atoms with Crippen LogP contribution in [0, 0.1) is 0 Å². The second-order valence-electron chi connectivity index (χ2n) is 4.56. The molecule has 0 heterocycles. The zero-order valence-corrected chi connectivity index (χ0v) is 10.5. The van der Waals surface area contributed by atoms with Gasteiger partial charge in [0.05, 0.1) is 12.8 Å². The number of carboxylic acids is 1. The number of ether oxygens (including phenoxy) is 2. The number of carbonyl (C=O) groups excluding carboxylic acids is 2. The SMILES string of the molecule is CC(OC(=O)CCC(=O)OC(C)(C)C)C(=O)O. The summed E-state index contributed by atoms with van der Waals surface area (Å²) < 4.78 is 9.52. The summed E-state index contributed by atoms with van der Waals surface area (Å²) >= 11 is 0. The molecule has 1 N–H and O–H groups in total. The molecule has 0 fully saturated rings. The van der Waals surface area contributed by atoms with Crippen LogP contribution in [0.2, 0.25) is 0 Å².